The first-order valence-corrected chi connectivity index (χ1v) is 10.7. The molecule has 3 N–H and O–H groups in total. The molecule has 0 amide bonds. The Morgan fingerprint density at radius 1 is 1.00 bits per heavy atom. The van der Waals surface area contributed by atoms with Crippen molar-refractivity contribution in [1.82, 2.24) is 9.97 Å². The predicted octanol–water partition coefficient (Wildman–Crippen LogP) is 1.86. The first kappa shape index (κ1) is 19.9. The van der Waals surface area contributed by atoms with Crippen molar-refractivity contribution in [2.24, 2.45) is 0 Å². The van der Waals surface area contributed by atoms with Gasteiger partial charge < -0.3 is 24.8 Å². The molecule has 0 unspecified atom stereocenters. The van der Waals surface area contributed by atoms with Gasteiger partial charge in [0, 0.05) is 17.3 Å². The van der Waals surface area contributed by atoms with Crippen LogP contribution in [0.3, 0.4) is 0 Å². The van der Waals surface area contributed by atoms with Crippen LogP contribution >= 0.6 is 0 Å². The Balaban J connectivity index is 1.24. The Morgan fingerprint density at radius 2 is 1.81 bits per heavy atom. The molecule has 2 aliphatic heterocycles. The fourth-order valence-electron chi connectivity index (χ4n) is 4.36. The number of para-hydroxylation sites is 1. The molecule has 2 saturated heterocycles. The van der Waals surface area contributed by atoms with Crippen LogP contribution in [-0.4, -0.2) is 54.6 Å². The summed E-state index contributed by atoms with van der Waals surface area (Å²) < 4.78 is 17.7. The van der Waals surface area contributed by atoms with Crippen molar-refractivity contribution in [3.8, 4) is 17.0 Å². The minimum Gasteiger partial charge on any atom is -0.496 e. The third kappa shape index (κ3) is 4.25. The summed E-state index contributed by atoms with van der Waals surface area (Å²) in [4.78, 5) is 9.11. The van der Waals surface area contributed by atoms with E-state index in [1.165, 1.54) is 5.56 Å². The molecule has 0 aliphatic carbocycles. The zero-order valence-electron chi connectivity index (χ0n) is 17.5. The molecule has 0 saturated carbocycles. The number of rotatable bonds is 7. The molecule has 5 rings (SSSR count). The number of anilines is 1. The molecule has 4 atom stereocenters. The molecule has 2 fully saturated rings. The van der Waals surface area contributed by atoms with Crippen molar-refractivity contribution in [3.63, 3.8) is 0 Å². The molecule has 3 aromatic rings. The van der Waals surface area contributed by atoms with Gasteiger partial charge in [0.05, 0.1) is 25.5 Å². The summed E-state index contributed by atoms with van der Waals surface area (Å²) >= 11 is 0. The van der Waals surface area contributed by atoms with Gasteiger partial charge in [0.15, 0.2) is 0 Å². The van der Waals surface area contributed by atoms with Gasteiger partial charge in [-0.05, 0) is 18.2 Å². The number of nitrogens with zero attached hydrogens (tertiary/aromatic N) is 2. The largest absolute Gasteiger partial charge is 0.496 e. The zero-order chi connectivity index (χ0) is 21.0. The zero-order valence-corrected chi connectivity index (χ0v) is 17.5. The summed E-state index contributed by atoms with van der Waals surface area (Å²) in [5.74, 6) is 1.35. The normalized spacial score (nSPS) is 24.7. The highest BCUT2D eigenvalue weighted by Crippen LogP contribution is 2.30. The fourth-order valence-corrected chi connectivity index (χ4v) is 4.36. The van der Waals surface area contributed by atoms with E-state index >= 15 is 0 Å². The maximum Gasteiger partial charge on any atom is 0.223 e. The maximum absolute atomic E-state index is 6.12. The molecule has 7 heteroatoms. The lowest BCUT2D eigenvalue weighted by Gasteiger charge is -2.17. The van der Waals surface area contributed by atoms with E-state index in [1.807, 2.05) is 36.4 Å². The Morgan fingerprint density at radius 3 is 2.68 bits per heavy atom. The van der Waals surface area contributed by atoms with Crippen LogP contribution in [0.1, 0.15) is 5.56 Å². The fraction of sp³-hybridized carbons (Fsp3) is 0.333. The van der Waals surface area contributed by atoms with Crippen LogP contribution in [0.25, 0.3) is 11.3 Å². The molecule has 0 bridgehead atoms. The Hall–Kier alpha value is -3.00. The quantitative estimate of drug-likeness (QED) is 0.608. The topological polar surface area (TPSA) is 82.1 Å². The van der Waals surface area contributed by atoms with Crippen molar-refractivity contribution in [3.05, 3.63) is 72.4 Å². The standard InChI is InChI=1S/C24H26N4O3/c1-29-21-10-6-5-9-17(21)18-11-12-25-24(27-18)28-20-15-31-22-19(14-30-23(20)22)26-13-16-7-3-2-4-8-16/h2-12,19-20,22-23,26H,13-15H2,1H3,(H,25,27,28)/p+1/t19-,20-,22+,23+/m0/s1. The second-order valence-electron chi connectivity index (χ2n) is 7.90. The van der Waals surface area contributed by atoms with E-state index in [-0.39, 0.29) is 24.3 Å². The van der Waals surface area contributed by atoms with Gasteiger partial charge in [0.1, 0.15) is 37.2 Å². The summed E-state index contributed by atoms with van der Waals surface area (Å²) in [6.45, 7) is 2.18. The minimum absolute atomic E-state index is 0.00413. The van der Waals surface area contributed by atoms with E-state index < -0.39 is 0 Å². The molecular formula is C24H27N4O3+. The van der Waals surface area contributed by atoms with Crippen molar-refractivity contribution in [1.29, 1.82) is 0 Å². The molecule has 2 aliphatic rings. The van der Waals surface area contributed by atoms with E-state index in [4.69, 9.17) is 19.2 Å². The predicted molar refractivity (Wildman–Crippen MR) is 117 cm³/mol. The second kappa shape index (κ2) is 9.01. The number of hydrogen-bond acceptors (Lipinski definition) is 6. The number of methoxy groups -OCH3 is 1. The van der Waals surface area contributed by atoms with Gasteiger partial charge in [-0.1, -0.05) is 42.5 Å². The number of aromatic nitrogens is 2. The first-order valence-electron chi connectivity index (χ1n) is 10.7. The lowest BCUT2D eigenvalue weighted by molar-refractivity contribution is -0.707. The van der Waals surface area contributed by atoms with Crippen LogP contribution in [-0.2, 0) is 16.0 Å². The molecule has 1 aromatic heterocycles. The molecular weight excluding hydrogens is 392 g/mol. The summed E-state index contributed by atoms with van der Waals surface area (Å²) in [6.07, 6.45) is 1.82. The highest BCUT2D eigenvalue weighted by Gasteiger charge is 2.49. The third-order valence-electron chi connectivity index (χ3n) is 5.94. The maximum atomic E-state index is 6.12. The summed E-state index contributed by atoms with van der Waals surface area (Å²) in [5, 5.41) is 5.75. The monoisotopic (exact) mass is 419 g/mol. The van der Waals surface area contributed by atoms with Crippen LogP contribution in [0, 0.1) is 0 Å². The smallest absolute Gasteiger partial charge is 0.223 e. The number of benzene rings is 2. The van der Waals surface area contributed by atoms with Crippen LogP contribution < -0.4 is 15.4 Å². The SMILES string of the molecule is COc1ccccc1-c1ccnc(N[C@H]2CO[C@H]3[C@@H]2OC[C@@H]3[NH2+]Cc2ccccc2)n1. The summed E-state index contributed by atoms with van der Waals surface area (Å²) in [5.41, 5.74) is 3.05. The van der Waals surface area contributed by atoms with E-state index in [0.717, 1.165) is 23.6 Å². The van der Waals surface area contributed by atoms with E-state index in [1.54, 1.807) is 13.3 Å². The van der Waals surface area contributed by atoms with Crippen LogP contribution in [0.2, 0.25) is 0 Å². The van der Waals surface area contributed by atoms with E-state index in [9.17, 15) is 0 Å². The van der Waals surface area contributed by atoms with Crippen molar-refractivity contribution in [2.45, 2.75) is 30.8 Å². The Bertz CT molecular complexity index is 1020. The second-order valence-corrected chi connectivity index (χ2v) is 7.90. The summed E-state index contributed by atoms with van der Waals surface area (Å²) in [7, 11) is 1.66. The summed E-state index contributed by atoms with van der Waals surface area (Å²) in [6, 6.07) is 20.5. The van der Waals surface area contributed by atoms with E-state index in [0.29, 0.717) is 19.2 Å². The Kier molecular flexibility index (Phi) is 5.80. The van der Waals surface area contributed by atoms with Gasteiger partial charge in [0.2, 0.25) is 5.95 Å². The van der Waals surface area contributed by atoms with Gasteiger partial charge in [-0.25, -0.2) is 9.97 Å². The van der Waals surface area contributed by atoms with Gasteiger partial charge in [-0.3, -0.25) is 0 Å². The molecule has 7 nitrogen and oxygen atoms in total. The van der Waals surface area contributed by atoms with Crippen molar-refractivity contribution < 1.29 is 19.5 Å². The number of hydrogen-bond donors (Lipinski definition) is 2. The molecule has 0 radical (unpaired) electrons. The van der Waals surface area contributed by atoms with Crippen LogP contribution in [0.15, 0.2) is 66.9 Å². The molecule has 0 spiro atoms. The molecule has 160 valence electrons. The van der Waals surface area contributed by atoms with Crippen molar-refractivity contribution in [2.75, 3.05) is 25.6 Å². The van der Waals surface area contributed by atoms with Gasteiger partial charge in [-0.15, -0.1) is 0 Å². The molecule has 2 aromatic carbocycles. The number of quaternary nitrogens is 1. The number of ether oxygens (including phenoxy) is 3. The van der Waals surface area contributed by atoms with Gasteiger partial charge >= 0.3 is 0 Å². The Labute approximate surface area is 181 Å². The molecule has 31 heavy (non-hydrogen) atoms. The van der Waals surface area contributed by atoms with E-state index in [2.05, 4.69) is 39.9 Å². The highest BCUT2D eigenvalue weighted by molar-refractivity contribution is 5.67. The van der Waals surface area contributed by atoms with Crippen molar-refractivity contribution >= 4 is 5.95 Å². The van der Waals surface area contributed by atoms with Gasteiger partial charge in [-0.2, -0.15) is 0 Å². The minimum atomic E-state index is -0.00413. The number of fused-ring (bicyclic) bond motifs is 1. The average molecular weight is 420 g/mol. The average Bonchev–Trinajstić information content (AvgIpc) is 3.41. The number of nitrogens with one attached hydrogen (secondary N) is 1. The van der Waals surface area contributed by atoms with Gasteiger partial charge in [0.25, 0.3) is 0 Å². The lowest BCUT2D eigenvalue weighted by atomic mass is 10.1. The first-order chi connectivity index (χ1) is 15.3. The van der Waals surface area contributed by atoms with Crippen LogP contribution in [0.4, 0.5) is 5.95 Å². The lowest BCUT2D eigenvalue weighted by Crippen LogP contribution is -2.91. The third-order valence-corrected chi connectivity index (χ3v) is 5.94. The van der Waals surface area contributed by atoms with Crippen LogP contribution in [0.5, 0.6) is 5.75 Å². The highest BCUT2D eigenvalue weighted by atomic mass is 16.6. The number of nitrogens with two attached hydrogens (primary N) is 1. The molecule has 3 heterocycles.